The Morgan fingerprint density at radius 2 is 1.88 bits per heavy atom. The highest BCUT2D eigenvalue weighted by Crippen LogP contribution is 2.25. The average Bonchev–Trinajstić information content (AvgIpc) is 3.16. The molecule has 2 fully saturated rings. The molecule has 0 saturated carbocycles. The minimum Gasteiger partial charge on any atom is -0.379 e. The van der Waals surface area contributed by atoms with Gasteiger partial charge < -0.3 is 14.6 Å². The van der Waals surface area contributed by atoms with Gasteiger partial charge in [0.2, 0.25) is 5.91 Å². The number of hydrogen-bond donors (Lipinski definition) is 1. The molecule has 0 spiro atoms. The Kier molecular flexibility index (Phi) is 7.60. The number of amides is 1. The molecular weight excluding hydrogens is 402 g/mol. The van der Waals surface area contributed by atoms with E-state index in [-0.39, 0.29) is 11.8 Å². The lowest BCUT2D eigenvalue weighted by atomic mass is 9.87. The first-order valence-electron chi connectivity index (χ1n) is 11.8. The van der Waals surface area contributed by atoms with Crippen molar-refractivity contribution in [1.29, 1.82) is 0 Å². The fraction of sp³-hybridized carbons (Fsp3) is 0.600. The predicted octanol–water partition coefficient (Wildman–Crippen LogP) is 2.12. The summed E-state index contributed by atoms with van der Waals surface area (Å²) in [5, 5.41) is 3.22. The number of carbonyl (C=O) groups excluding carboxylic acids is 1. The predicted molar refractivity (Wildman–Crippen MR) is 125 cm³/mol. The van der Waals surface area contributed by atoms with Crippen LogP contribution >= 0.6 is 0 Å². The van der Waals surface area contributed by atoms with E-state index in [4.69, 9.17) is 4.74 Å². The monoisotopic (exact) mass is 439 g/mol. The molecule has 2 saturated heterocycles. The van der Waals surface area contributed by atoms with E-state index in [0.717, 1.165) is 64.7 Å². The molecule has 2 aromatic rings. The smallest absolute Gasteiger partial charge is 0.224 e. The van der Waals surface area contributed by atoms with Crippen LogP contribution in [0.15, 0.2) is 30.6 Å². The van der Waals surface area contributed by atoms with Crippen molar-refractivity contribution in [3.05, 3.63) is 53.1 Å². The Balaban J connectivity index is 1.40. The van der Waals surface area contributed by atoms with Gasteiger partial charge in [-0.2, -0.15) is 0 Å². The lowest BCUT2D eigenvalue weighted by Gasteiger charge is -2.39. The second-order valence-electron chi connectivity index (χ2n) is 9.57. The second-order valence-corrected chi connectivity index (χ2v) is 9.57. The molecule has 0 radical (unpaired) electrons. The maximum absolute atomic E-state index is 13.2. The molecule has 1 aromatic carbocycles. The standard InChI is InChI=1S/C25H37N5O2/c1-19-10-20(2)12-21(11-19)14-27-25(31)23-13-22(15-29-6-8-32-9-7-29)16-30(17-23)18-24-26-4-5-28(24)3/h4-5,10-12,22-23H,6-9,13-18H2,1-3H3,(H,27,31)/t22-,23-/m1/s1. The summed E-state index contributed by atoms with van der Waals surface area (Å²) in [4.78, 5) is 22.6. The summed E-state index contributed by atoms with van der Waals surface area (Å²) in [5.41, 5.74) is 3.64. The summed E-state index contributed by atoms with van der Waals surface area (Å²) < 4.78 is 7.59. The quantitative estimate of drug-likeness (QED) is 0.716. The van der Waals surface area contributed by atoms with Crippen LogP contribution < -0.4 is 5.32 Å². The van der Waals surface area contributed by atoms with Crippen molar-refractivity contribution in [2.75, 3.05) is 45.9 Å². The van der Waals surface area contributed by atoms with Gasteiger partial charge in [-0.1, -0.05) is 29.3 Å². The van der Waals surface area contributed by atoms with Crippen LogP contribution in [0.3, 0.4) is 0 Å². The van der Waals surface area contributed by atoms with Gasteiger partial charge in [-0.05, 0) is 31.7 Å². The molecule has 0 bridgehead atoms. The molecule has 3 heterocycles. The summed E-state index contributed by atoms with van der Waals surface area (Å²) in [5.74, 6) is 1.69. The number of rotatable bonds is 7. The Bertz CT molecular complexity index is 885. The molecule has 1 amide bonds. The number of ether oxygens (including phenoxy) is 1. The fourth-order valence-electron chi connectivity index (χ4n) is 5.16. The van der Waals surface area contributed by atoms with Gasteiger partial charge in [0.1, 0.15) is 5.82 Å². The number of carbonyl (C=O) groups is 1. The average molecular weight is 440 g/mol. The molecule has 2 aliphatic rings. The number of benzene rings is 1. The Labute approximate surface area is 191 Å². The lowest BCUT2D eigenvalue weighted by molar-refractivity contribution is -0.128. The van der Waals surface area contributed by atoms with Gasteiger partial charge >= 0.3 is 0 Å². The van der Waals surface area contributed by atoms with Crippen molar-refractivity contribution in [2.24, 2.45) is 18.9 Å². The molecular formula is C25H37N5O2. The summed E-state index contributed by atoms with van der Waals surface area (Å²) in [6.07, 6.45) is 4.77. The molecule has 1 N–H and O–H groups in total. The van der Waals surface area contributed by atoms with Gasteiger partial charge in [0, 0.05) is 58.7 Å². The van der Waals surface area contributed by atoms with Crippen LogP contribution in [-0.2, 0) is 29.7 Å². The van der Waals surface area contributed by atoms with Gasteiger partial charge in [-0.25, -0.2) is 4.98 Å². The van der Waals surface area contributed by atoms with Crippen LogP contribution in [0.2, 0.25) is 0 Å². The van der Waals surface area contributed by atoms with E-state index in [0.29, 0.717) is 12.5 Å². The number of likely N-dealkylation sites (tertiary alicyclic amines) is 1. The molecule has 7 heteroatoms. The maximum Gasteiger partial charge on any atom is 0.224 e. The molecule has 0 unspecified atom stereocenters. The van der Waals surface area contributed by atoms with Crippen LogP contribution in [0.1, 0.15) is 28.9 Å². The zero-order valence-electron chi connectivity index (χ0n) is 19.7. The largest absolute Gasteiger partial charge is 0.379 e. The zero-order valence-corrected chi connectivity index (χ0v) is 19.7. The number of hydrogen-bond acceptors (Lipinski definition) is 5. The third kappa shape index (κ3) is 6.18. The van der Waals surface area contributed by atoms with Crippen LogP contribution in [0, 0.1) is 25.7 Å². The number of nitrogens with one attached hydrogen (secondary N) is 1. The highest BCUT2D eigenvalue weighted by molar-refractivity contribution is 5.79. The number of aromatic nitrogens is 2. The first kappa shape index (κ1) is 23.0. The van der Waals surface area contributed by atoms with E-state index in [1.54, 1.807) is 0 Å². The molecule has 4 rings (SSSR count). The second kappa shape index (κ2) is 10.6. The van der Waals surface area contributed by atoms with E-state index in [1.807, 2.05) is 19.4 Å². The number of piperidine rings is 1. The maximum atomic E-state index is 13.2. The zero-order chi connectivity index (χ0) is 22.5. The van der Waals surface area contributed by atoms with Gasteiger partial charge in [0.25, 0.3) is 0 Å². The van der Waals surface area contributed by atoms with Gasteiger partial charge in [-0.3, -0.25) is 14.6 Å². The first-order valence-corrected chi connectivity index (χ1v) is 11.8. The molecule has 0 aliphatic carbocycles. The number of nitrogens with zero attached hydrogens (tertiary/aromatic N) is 4. The SMILES string of the molecule is Cc1cc(C)cc(CNC(=O)[C@@H]2C[C@H](CN3CCOCC3)CN(Cc3nccn3C)C2)c1. The molecule has 2 aliphatic heterocycles. The normalized spacial score (nSPS) is 22.7. The summed E-state index contributed by atoms with van der Waals surface area (Å²) >= 11 is 0. The Morgan fingerprint density at radius 3 is 2.56 bits per heavy atom. The van der Waals surface area contributed by atoms with E-state index in [9.17, 15) is 4.79 Å². The van der Waals surface area contributed by atoms with Crippen LogP contribution in [0.25, 0.3) is 0 Å². The Morgan fingerprint density at radius 1 is 1.12 bits per heavy atom. The first-order chi connectivity index (χ1) is 15.5. The third-order valence-corrected chi connectivity index (χ3v) is 6.64. The number of morpholine rings is 1. The van der Waals surface area contributed by atoms with Crippen molar-refractivity contribution >= 4 is 5.91 Å². The highest BCUT2D eigenvalue weighted by Gasteiger charge is 2.33. The summed E-state index contributed by atoms with van der Waals surface area (Å²) in [7, 11) is 2.03. The molecule has 174 valence electrons. The number of imidazole rings is 1. The van der Waals surface area contributed by atoms with Crippen molar-refractivity contribution < 1.29 is 9.53 Å². The van der Waals surface area contributed by atoms with E-state index < -0.39 is 0 Å². The van der Waals surface area contributed by atoms with Crippen molar-refractivity contribution in [3.8, 4) is 0 Å². The minimum absolute atomic E-state index is 0.000894. The lowest BCUT2D eigenvalue weighted by Crippen LogP contribution is -2.50. The molecule has 7 nitrogen and oxygen atoms in total. The highest BCUT2D eigenvalue weighted by atomic mass is 16.5. The van der Waals surface area contributed by atoms with Gasteiger partial charge in [0.05, 0.1) is 25.7 Å². The molecule has 1 aromatic heterocycles. The number of aryl methyl sites for hydroxylation is 3. The third-order valence-electron chi connectivity index (χ3n) is 6.64. The minimum atomic E-state index is 0.000894. The summed E-state index contributed by atoms with van der Waals surface area (Å²) in [6.45, 7) is 12.0. The van der Waals surface area contributed by atoms with Crippen molar-refractivity contribution in [2.45, 2.75) is 33.4 Å². The van der Waals surface area contributed by atoms with Gasteiger partial charge in [0.15, 0.2) is 0 Å². The van der Waals surface area contributed by atoms with E-state index in [1.165, 1.54) is 16.7 Å². The van der Waals surface area contributed by atoms with Crippen LogP contribution in [0.5, 0.6) is 0 Å². The topological polar surface area (TPSA) is 62.6 Å². The van der Waals surface area contributed by atoms with E-state index in [2.05, 4.69) is 56.7 Å². The fourth-order valence-corrected chi connectivity index (χ4v) is 5.16. The van der Waals surface area contributed by atoms with Crippen LogP contribution in [-0.4, -0.2) is 71.2 Å². The Hall–Kier alpha value is -2.22. The van der Waals surface area contributed by atoms with Crippen LogP contribution in [0.4, 0.5) is 0 Å². The van der Waals surface area contributed by atoms with Crippen molar-refractivity contribution in [1.82, 2.24) is 24.7 Å². The molecule has 2 atom stereocenters. The van der Waals surface area contributed by atoms with E-state index >= 15 is 0 Å². The molecule has 32 heavy (non-hydrogen) atoms. The van der Waals surface area contributed by atoms with Crippen molar-refractivity contribution in [3.63, 3.8) is 0 Å². The summed E-state index contributed by atoms with van der Waals surface area (Å²) in [6, 6.07) is 6.48. The van der Waals surface area contributed by atoms with Gasteiger partial charge in [-0.15, -0.1) is 0 Å².